The zero-order valence-corrected chi connectivity index (χ0v) is 12.2. The van der Waals surface area contributed by atoms with Crippen molar-refractivity contribution in [3.8, 4) is 11.5 Å². The molecule has 1 aromatic rings. The second-order valence-electron chi connectivity index (χ2n) is 4.48. The summed E-state index contributed by atoms with van der Waals surface area (Å²) in [6.07, 6.45) is 6.04. The molecule has 1 aromatic carbocycles. The van der Waals surface area contributed by atoms with Crippen molar-refractivity contribution in [2.24, 2.45) is 5.92 Å². The number of methoxy groups -OCH3 is 2. The number of nitrogens with one attached hydrogen (secondary N) is 2. The van der Waals surface area contributed by atoms with Crippen LogP contribution in [0.4, 0.5) is 10.5 Å². The Balaban J connectivity index is 2.04. The summed E-state index contributed by atoms with van der Waals surface area (Å²) in [5.74, 6) is 1.55. The second kappa shape index (κ2) is 6.52. The van der Waals surface area contributed by atoms with E-state index in [0.29, 0.717) is 28.1 Å². The minimum atomic E-state index is -0.343. The van der Waals surface area contributed by atoms with Gasteiger partial charge in [0.15, 0.2) is 0 Å². The molecule has 2 rings (SSSR count). The van der Waals surface area contributed by atoms with E-state index in [9.17, 15) is 4.79 Å². The molecule has 1 aliphatic carbocycles. The Labute approximate surface area is 122 Å². The molecular weight excluding hydrogens is 280 g/mol. The van der Waals surface area contributed by atoms with E-state index in [2.05, 4.69) is 10.6 Å². The molecule has 0 atom stereocenters. The third kappa shape index (κ3) is 3.81. The summed E-state index contributed by atoms with van der Waals surface area (Å²) in [5, 5.41) is 5.76. The van der Waals surface area contributed by atoms with Gasteiger partial charge in [-0.05, 0) is 18.8 Å². The Kier molecular flexibility index (Phi) is 4.74. The lowest BCUT2D eigenvalue weighted by atomic mass is 10.2. The predicted octanol–water partition coefficient (Wildman–Crippen LogP) is 3.40. The molecule has 2 N–H and O–H groups in total. The number of hydrogen-bond acceptors (Lipinski definition) is 3. The lowest BCUT2D eigenvalue weighted by molar-refractivity contribution is 0.255. The first-order valence-electron chi connectivity index (χ1n) is 6.29. The Morgan fingerprint density at radius 3 is 2.60 bits per heavy atom. The molecule has 2 amide bonds. The number of hydrogen-bond donors (Lipinski definition) is 2. The van der Waals surface area contributed by atoms with E-state index in [1.165, 1.54) is 27.1 Å². The highest BCUT2D eigenvalue weighted by Gasteiger charge is 2.17. The summed E-state index contributed by atoms with van der Waals surface area (Å²) >= 11 is 6.00. The maximum atomic E-state index is 11.8. The maximum absolute atomic E-state index is 11.8. The van der Waals surface area contributed by atoms with Crippen molar-refractivity contribution in [3.63, 3.8) is 0 Å². The molecular formula is C14H17ClN2O3. The van der Waals surface area contributed by atoms with Crippen LogP contribution < -0.4 is 20.1 Å². The molecule has 20 heavy (non-hydrogen) atoms. The van der Waals surface area contributed by atoms with E-state index >= 15 is 0 Å². The largest absolute Gasteiger partial charge is 0.495 e. The molecule has 6 heteroatoms. The van der Waals surface area contributed by atoms with Crippen LogP contribution in [-0.4, -0.2) is 20.3 Å². The van der Waals surface area contributed by atoms with Crippen LogP contribution in [0.1, 0.15) is 12.8 Å². The van der Waals surface area contributed by atoms with Gasteiger partial charge in [0.2, 0.25) is 0 Å². The van der Waals surface area contributed by atoms with Crippen molar-refractivity contribution < 1.29 is 14.3 Å². The van der Waals surface area contributed by atoms with Gasteiger partial charge in [-0.1, -0.05) is 17.7 Å². The molecule has 5 nitrogen and oxygen atoms in total. The number of carbonyl (C=O) groups is 1. The number of carbonyl (C=O) groups excluding carboxylic acids is 1. The number of rotatable bonds is 5. The minimum Gasteiger partial charge on any atom is -0.495 e. The van der Waals surface area contributed by atoms with E-state index in [-0.39, 0.29) is 6.03 Å². The SMILES string of the molecule is COc1cc(NC(=O)N/C=C/C2CC2)c(OC)cc1Cl. The van der Waals surface area contributed by atoms with Gasteiger partial charge >= 0.3 is 6.03 Å². The molecule has 0 heterocycles. The number of urea groups is 1. The van der Waals surface area contributed by atoms with Crippen molar-refractivity contribution in [1.29, 1.82) is 0 Å². The predicted molar refractivity (Wildman–Crippen MR) is 78.6 cm³/mol. The average Bonchev–Trinajstić information content (AvgIpc) is 3.24. The number of amides is 2. The average molecular weight is 297 g/mol. The second-order valence-corrected chi connectivity index (χ2v) is 4.89. The Bertz CT molecular complexity index is 527. The molecule has 1 fully saturated rings. The van der Waals surface area contributed by atoms with Gasteiger partial charge in [0.05, 0.1) is 24.9 Å². The fraction of sp³-hybridized carbons (Fsp3) is 0.357. The normalized spacial score (nSPS) is 14.2. The summed E-state index contributed by atoms with van der Waals surface area (Å²) in [4.78, 5) is 11.8. The van der Waals surface area contributed by atoms with Crippen molar-refractivity contribution in [2.45, 2.75) is 12.8 Å². The van der Waals surface area contributed by atoms with Gasteiger partial charge in [-0.2, -0.15) is 0 Å². The van der Waals surface area contributed by atoms with Crippen LogP contribution in [0.25, 0.3) is 0 Å². The van der Waals surface area contributed by atoms with E-state index in [1.54, 1.807) is 18.3 Å². The first kappa shape index (κ1) is 14.5. The van der Waals surface area contributed by atoms with Gasteiger partial charge in [-0.25, -0.2) is 4.79 Å². The maximum Gasteiger partial charge on any atom is 0.323 e. The quantitative estimate of drug-likeness (QED) is 0.875. The summed E-state index contributed by atoms with van der Waals surface area (Å²) in [5.41, 5.74) is 0.492. The van der Waals surface area contributed by atoms with E-state index in [0.717, 1.165) is 0 Å². The summed E-state index contributed by atoms with van der Waals surface area (Å²) in [7, 11) is 3.02. The summed E-state index contributed by atoms with van der Waals surface area (Å²) in [6.45, 7) is 0. The van der Waals surface area contributed by atoms with Crippen molar-refractivity contribution >= 4 is 23.3 Å². The summed E-state index contributed by atoms with van der Waals surface area (Å²) < 4.78 is 10.3. The molecule has 1 aliphatic rings. The van der Waals surface area contributed by atoms with Crippen LogP contribution >= 0.6 is 11.6 Å². The number of anilines is 1. The Morgan fingerprint density at radius 2 is 2.00 bits per heavy atom. The van der Waals surface area contributed by atoms with Crippen molar-refractivity contribution in [1.82, 2.24) is 5.32 Å². The first-order chi connectivity index (χ1) is 9.63. The van der Waals surface area contributed by atoms with Crippen LogP contribution in [0.2, 0.25) is 5.02 Å². The highest BCUT2D eigenvalue weighted by atomic mass is 35.5. The van der Waals surface area contributed by atoms with Gasteiger partial charge in [-0.3, -0.25) is 0 Å². The highest BCUT2D eigenvalue weighted by Crippen LogP contribution is 2.35. The van der Waals surface area contributed by atoms with Crippen LogP contribution in [0.15, 0.2) is 24.4 Å². The molecule has 0 spiro atoms. The molecule has 0 aromatic heterocycles. The van der Waals surface area contributed by atoms with E-state index < -0.39 is 0 Å². The van der Waals surface area contributed by atoms with Crippen LogP contribution in [0.3, 0.4) is 0 Å². The number of halogens is 1. The number of ether oxygens (including phenoxy) is 2. The molecule has 1 saturated carbocycles. The molecule has 0 radical (unpaired) electrons. The molecule has 0 saturated heterocycles. The molecule has 0 unspecified atom stereocenters. The van der Waals surface area contributed by atoms with E-state index in [1.807, 2.05) is 6.08 Å². The van der Waals surface area contributed by atoms with Gasteiger partial charge in [0, 0.05) is 18.3 Å². The third-order valence-electron chi connectivity index (χ3n) is 2.93. The monoisotopic (exact) mass is 296 g/mol. The van der Waals surface area contributed by atoms with Gasteiger partial charge in [-0.15, -0.1) is 0 Å². The molecule has 0 bridgehead atoms. The zero-order valence-electron chi connectivity index (χ0n) is 11.4. The number of allylic oxidation sites excluding steroid dienone is 1. The topological polar surface area (TPSA) is 59.6 Å². The van der Waals surface area contributed by atoms with Gasteiger partial charge in [0.25, 0.3) is 0 Å². The van der Waals surface area contributed by atoms with Crippen LogP contribution in [0, 0.1) is 5.92 Å². The molecule has 108 valence electrons. The fourth-order valence-electron chi connectivity index (χ4n) is 1.67. The lowest BCUT2D eigenvalue weighted by Crippen LogP contribution is -2.24. The lowest BCUT2D eigenvalue weighted by Gasteiger charge is -2.12. The summed E-state index contributed by atoms with van der Waals surface area (Å²) in [6, 6.07) is 2.87. The smallest absolute Gasteiger partial charge is 0.323 e. The van der Waals surface area contributed by atoms with E-state index in [4.69, 9.17) is 21.1 Å². The van der Waals surface area contributed by atoms with Gasteiger partial charge < -0.3 is 20.1 Å². The van der Waals surface area contributed by atoms with Gasteiger partial charge in [0.1, 0.15) is 11.5 Å². The standard InChI is InChI=1S/C14H17ClN2O3/c1-19-12-8-11(13(20-2)7-10(12)15)17-14(18)16-6-5-9-3-4-9/h5-9H,3-4H2,1-2H3,(H2,16,17,18)/b6-5+. The zero-order chi connectivity index (χ0) is 14.5. The van der Waals surface area contributed by atoms with Crippen molar-refractivity contribution in [2.75, 3.05) is 19.5 Å². The Hall–Kier alpha value is -1.88. The van der Waals surface area contributed by atoms with Crippen LogP contribution in [0.5, 0.6) is 11.5 Å². The Morgan fingerprint density at radius 1 is 1.30 bits per heavy atom. The van der Waals surface area contributed by atoms with Crippen molar-refractivity contribution in [3.05, 3.63) is 29.4 Å². The third-order valence-corrected chi connectivity index (χ3v) is 3.22. The minimum absolute atomic E-state index is 0.343. The van der Waals surface area contributed by atoms with Crippen LogP contribution in [-0.2, 0) is 0 Å². The molecule has 0 aliphatic heterocycles. The number of benzene rings is 1. The highest BCUT2D eigenvalue weighted by molar-refractivity contribution is 6.32. The first-order valence-corrected chi connectivity index (χ1v) is 6.67. The fourth-order valence-corrected chi connectivity index (χ4v) is 1.90.